The van der Waals surface area contributed by atoms with Crippen LogP contribution in [0.25, 0.3) is 61.2 Å². The molecule has 202 valence electrons. The van der Waals surface area contributed by atoms with Crippen LogP contribution in [0.2, 0.25) is 0 Å². The molecule has 0 N–H and O–H groups in total. The molecule has 0 fully saturated rings. The van der Waals surface area contributed by atoms with E-state index in [-0.39, 0.29) is 20.9 Å². The van der Waals surface area contributed by atoms with Crippen LogP contribution in [0.3, 0.4) is 0 Å². The Labute approximate surface area is 252 Å². The Kier molecular flexibility index (Phi) is 6.24. The fourth-order valence-electron chi connectivity index (χ4n) is 4.76. The minimum absolute atomic E-state index is 0.171. The average Bonchev–Trinajstić information content (AvgIpc) is 3.79. The van der Waals surface area contributed by atoms with Crippen LogP contribution < -0.4 is 0 Å². The van der Waals surface area contributed by atoms with Gasteiger partial charge >= 0.3 is 0 Å². The van der Waals surface area contributed by atoms with Crippen molar-refractivity contribution >= 4 is 67.6 Å². The number of nitrogens with zero attached hydrogens (tertiary/aromatic N) is 4. The third kappa shape index (κ3) is 3.78. The zero-order chi connectivity index (χ0) is 30.1. The normalized spacial score (nSPS) is 18.5. The molecule has 0 aliphatic heterocycles. The van der Waals surface area contributed by atoms with Gasteiger partial charge in [0.2, 0.25) is 0 Å². The number of halogens is 4. The Morgan fingerprint density at radius 1 is 0.643 bits per heavy atom. The van der Waals surface area contributed by atoms with Crippen LogP contribution in [0.4, 0.5) is 17.6 Å². The molecule has 0 atom stereocenters. The summed E-state index contributed by atoms with van der Waals surface area (Å²) >= 11 is 5.04. The number of hydrogen-bond donors (Lipinski definition) is 0. The molecule has 6 rings (SSSR count). The van der Waals surface area contributed by atoms with Crippen LogP contribution in [0.15, 0.2) is 61.0 Å². The summed E-state index contributed by atoms with van der Waals surface area (Å²) in [5.74, 6) is -6.98. The summed E-state index contributed by atoms with van der Waals surface area (Å²) in [5, 5.41) is 18.5. The molecule has 0 spiro atoms. The molecule has 4 aromatic rings. The fraction of sp³-hybridized carbons (Fsp3) is 0.0667. The minimum atomic E-state index is -3.49. The zero-order valence-corrected chi connectivity index (χ0v) is 24.1. The second-order valence-electron chi connectivity index (χ2n) is 9.04. The molecule has 4 heterocycles. The molecule has 0 saturated heterocycles. The first kappa shape index (κ1) is 27.6. The summed E-state index contributed by atoms with van der Waals surface area (Å²) in [5.41, 5.74) is -2.94. The number of alkyl halides is 4. The summed E-state index contributed by atoms with van der Waals surface area (Å²) in [6.07, 6.45) is 0. The highest BCUT2D eigenvalue weighted by atomic mass is 32.1. The van der Waals surface area contributed by atoms with Crippen molar-refractivity contribution in [3.05, 3.63) is 105 Å². The summed E-state index contributed by atoms with van der Waals surface area (Å²) in [6, 6.07) is 13.9. The standard InChI is InChI=1S/C30H10F4N4S4/c1-13-15-9-23(41-27(15)25(29(13,31)32)17(11-35)37-3)21-7-5-19(39-21)20-6-8-22(40-20)24-10-16-14(2)30(33,34)26(28(16)42-24)18(12-36)38-4/h5-10H,1-2H2/b25-17-,26-18+. The van der Waals surface area contributed by atoms with Gasteiger partial charge in [-0.25, -0.2) is 20.2 Å². The Hall–Kier alpha value is -4.56. The number of nitriles is 2. The lowest BCUT2D eigenvalue weighted by molar-refractivity contribution is 0.138. The first-order chi connectivity index (χ1) is 20.0. The Balaban J connectivity index is 1.34. The quantitative estimate of drug-likeness (QED) is 0.128. The molecule has 0 radical (unpaired) electrons. The summed E-state index contributed by atoms with van der Waals surface area (Å²) < 4.78 is 59.4. The van der Waals surface area contributed by atoms with Gasteiger partial charge in [0, 0.05) is 61.3 Å². The van der Waals surface area contributed by atoms with Crippen LogP contribution >= 0.6 is 45.3 Å². The minimum Gasteiger partial charge on any atom is -0.226 e. The van der Waals surface area contributed by atoms with Crippen LogP contribution in [0.5, 0.6) is 0 Å². The van der Waals surface area contributed by atoms with E-state index in [1.54, 1.807) is 24.3 Å². The lowest BCUT2D eigenvalue weighted by Crippen LogP contribution is -2.14. The molecule has 0 aromatic carbocycles. The molecule has 0 bridgehead atoms. The van der Waals surface area contributed by atoms with Gasteiger partial charge in [0.1, 0.15) is 0 Å². The van der Waals surface area contributed by atoms with E-state index in [1.165, 1.54) is 22.7 Å². The number of thiophene rings is 4. The Morgan fingerprint density at radius 3 is 1.29 bits per heavy atom. The molecular weight excluding hydrogens is 621 g/mol. The van der Waals surface area contributed by atoms with Crippen LogP contribution in [0.1, 0.15) is 20.9 Å². The van der Waals surface area contributed by atoms with Crippen LogP contribution in [-0.4, -0.2) is 11.8 Å². The monoisotopic (exact) mass is 630 g/mol. The second-order valence-corrected chi connectivity index (χ2v) is 13.3. The summed E-state index contributed by atoms with van der Waals surface area (Å²) in [4.78, 5) is 11.2. The Bertz CT molecular complexity index is 1950. The Morgan fingerprint density at radius 2 is 0.976 bits per heavy atom. The van der Waals surface area contributed by atoms with Gasteiger partial charge in [-0.2, -0.15) is 17.6 Å². The van der Waals surface area contributed by atoms with Gasteiger partial charge in [0.15, 0.2) is 0 Å². The third-order valence-electron chi connectivity index (χ3n) is 6.80. The molecule has 2 aliphatic carbocycles. The lowest BCUT2D eigenvalue weighted by atomic mass is 10.1. The molecule has 4 aromatic heterocycles. The first-order valence-electron chi connectivity index (χ1n) is 11.7. The zero-order valence-electron chi connectivity index (χ0n) is 20.8. The van der Waals surface area contributed by atoms with Crippen molar-refractivity contribution in [2.45, 2.75) is 11.8 Å². The van der Waals surface area contributed by atoms with Crippen molar-refractivity contribution in [3.8, 4) is 41.4 Å². The van der Waals surface area contributed by atoms with Gasteiger partial charge in [-0.05, 0) is 36.4 Å². The average molecular weight is 631 g/mol. The number of allylic oxidation sites excluding steroid dienone is 6. The van der Waals surface area contributed by atoms with E-state index in [1.807, 2.05) is 24.3 Å². The molecule has 4 nitrogen and oxygen atoms in total. The summed E-state index contributed by atoms with van der Waals surface area (Å²) in [7, 11) is 0. The smallest absolute Gasteiger partial charge is 0.226 e. The number of hydrogen-bond acceptors (Lipinski definition) is 6. The predicted molar refractivity (Wildman–Crippen MR) is 160 cm³/mol. The van der Waals surface area contributed by atoms with E-state index < -0.39 is 45.5 Å². The fourth-order valence-corrected chi connectivity index (χ4v) is 9.55. The molecule has 12 heteroatoms. The molecule has 2 aliphatic rings. The van der Waals surface area contributed by atoms with Crippen molar-refractivity contribution < 1.29 is 17.6 Å². The molecule has 0 saturated carbocycles. The van der Waals surface area contributed by atoms with Crippen LogP contribution in [-0.2, 0) is 0 Å². The van der Waals surface area contributed by atoms with Gasteiger partial charge in [-0.15, -0.1) is 45.3 Å². The van der Waals surface area contributed by atoms with Gasteiger partial charge in [-0.3, -0.25) is 0 Å². The largest absolute Gasteiger partial charge is 0.291 e. The van der Waals surface area contributed by atoms with Gasteiger partial charge in [-0.1, -0.05) is 13.2 Å². The maximum Gasteiger partial charge on any atom is 0.291 e. The van der Waals surface area contributed by atoms with E-state index in [0.717, 1.165) is 42.2 Å². The number of rotatable bonds is 3. The first-order valence-corrected chi connectivity index (χ1v) is 14.9. The van der Waals surface area contributed by atoms with E-state index in [0.29, 0.717) is 9.75 Å². The van der Waals surface area contributed by atoms with Gasteiger partial charge in [0.05, 0.1) is 36.4 Å². The molecule has 0 amide bonds. The predicted octanol–water partition coefficient (Wildman–Crippen LogP) is 10.6. The highest BCUT2D eigenvalue weighted by Gasteiger charge is 2.50. The van der Waals surface area contributed by atoms with Gasteiger partial charge in [0.25, 0.3) is 23.2 Å². The van der Waals surface area contributed by atoms with Crippen molar-refractivity contribution in [2.75, 3.05) is 0 Å². The maximum absolute atomic E-state index is 14.9. The van der Waals surface area contributed by atoms with Crippen molar-refractivity contribution in [2.24, 2.45) is 0 Å². The highest BCUT2D eigenvalue weighted by Crippen LogP contribution is 2.59. The lowest BCUT2D eigenvalue weighted by Gasteiger charge is -2.13. The molecular formula is C30H10F4N4S4. The van der Waals surface area contributed by atoms with Crippen molar-refractivity contribution in [1.82, 2.24) is 0 Å². The third-order valence-corrected chi connectivity index (χ3v) is 11.9. The topological polar surface area (TPSA) is 56.3 Å². The van der Waals surface area contributed by atoms with Crippen molar-refractivity contribution in [1.29, 1.82) is 10.5 Å². The van der Waals surface area contributed by atoms with Gasteiger partial charge < -0.3 is 0 Å². The van der Waals surface area contributed by atoms with E-state index in [4.69, 9.17) is 13.1 Å². The highest BCUT2D eigenvalue weighted by molar-refractivity contribution is 7.29. The summed E-state index contributed by atoms with van der Waals surface area (Å²) in [6.45, 7) is 21.4. The maximum atomic E-state index is 14.9. The van der Waals surface area contributed by atoms with E-state index in [9.17, 15) is 28.1 Å². The van der Waals surface area contributed by atoms with Crippen LogP contribution in [0, 0.1) is 35.8 Å². The molecule has 42 heavy (non-hydrogen) atoms. The van der Waals surface area contributed by atoms with E-state index >= 15 is 0 Å². The van der Waals surface area contributed by atoms with E-state index in [2.05, 4.69) is 22.8 Å². The SMILES string of the molecule is [C-]#[N+]/C(C#N)=C1\c2sc(-c3ccc(-c4ccc(-c5cc6c(s5)/C(=C(\C#N)[N+]#[C-])C(F)(F)C6=C)s4)s3)cc2C(=C)C1(F)F. The number of fused-ring (bicyclic) bond motifs is 2. The second kappa shape index (κ2) is 9.49. The molecule has 0 unspecified atom stereocenters. The van der Waals surface area contributed by atoms with Crippen molar-refractivity contribution in [3.63, 3.8) is 0 Å².